The van der Waals surface area contributed by atoms with Gasteiger partial charge in [-0.15, -0.1) is 0 Å². The third-order valence-corrected chi connectivity index (χ3v) is 4.60. The molecule has 5 nitrogen and oxygen atoms in total. The van der Waals surface area contributed by atoms with E-state index >= 15 is 0 Å². The number of aromatic nitrogens is 2. The highest BCUT2D eigenvalue weighted by Crippen LogP contribution is 2.27. The first-order valence-corrected chi connectivity index (χ1v) is 9.24. The van der Waals surface area contributed by atoms with E-state index in [0.717, 1.165) is 6.26 Å². The summed E-state index contributed by atoms with van der Waals surface area (Å²) in [6.45, 7) is 0.387. The highest BCUT2D eigenvalue weighted by molar-refractivity contribution is 7.90. The molecule has 0 aliphatic carbocycles. The van der Waals surface area contributed by atoms with E-state index in [9.17, 15) is 12.8 Å². The van der Waals surface area contributed by atoms with Crippen molar-refractivity contribution in [2.24, 2.45) is 5.73 Å². The van der Waals surface area contributed by atoms with Crippen LogP contribution in [0.2, 0.25) is 0 Å². The van der Waals surface area contributed by atoms with Crippen molar-refractivity contribution in [1.29, 1.82) is 0 Å². The molecule has 124 valence electrons. The van der Waals surface area contributed by atoms with E-state index in [2.05, 4.69) is 9.97 Å². The number of hydrogen-bond acceptors (Lipinski definition) is 5. The second-order valence-corrected chi connectivity index (χ2v) is 7.45. The molecule has 7 heteroatoms. The molecule has 3 aromatic rings. The van der Waals surface area contributed by atoms with Crippen molar-refractivity contribution in [3.63, 3.8) is 0 Å². The van der Waals surface area contributed by atoms with Crippen LogP contribution in [0.1, 0.15) is 5.69 Å². The predicted octanol–water partition coefficient (Wildman–Crippen LogP) is 2.34. The maximum Gasteiger partial charge on any atom is 0.192 e. The van der Waals surface area contributed by atoms with Crippen LogP contribution < -0.4 is 5.73 Å². The number of hydrogen-bond donors (Lipinski definition) is 1. The first kappa shape index (κ1) is 16.5. The van der Waals surface area contributed by atoms with Gasteiger partial charge >= 0.3 is 0 Å². The number of sulfone groups is 1. The van der Waals surface area contributed by atoms with Crippen molar-refractivity contribution in [3.8, 4) is 11.3 Å². The fraction of sp³-hybridized carbons (Fsp3) is 0.176. The summed E-state index contributed by atoms with van der Waals surface area (Å²) in [5, 5.41) is 0.607. The minimum Gasteiger partial charge on any atom is -0.330 e. The van der Waals surface area contributed by atoms with E-state index in [1.807, 2.05) is 0 Å². The van der Waals surface area contributed by atoms with Crippen LogP contribution in [-0.2, 0) is 16.3 Å². The minimum absolute atomic E-state index is 0.0157. The van der Waals surface area contributed by atoms with Crippen LogP contribution in [-0.4, -0.2) is 31.2 Å². The molecule has 0 saturated heterocycles. The first-order valence-electron chi connectivity index (χ1n) is 7.35. The Morgan fingerprint density at radius 1 is 1.12 bits per heavy atom. The van der Waals surface area contributed by atoms with Crippen molar-refractivity contribution in [1.82, 2.24) is 9.97 Å². The smallest absolute Gasteiger partial charge is 0.192 e. The van der Waals surface area contributed by atoms with Crippen LogP contribution in [0, 0.1) is 5.82 Å². The van der Waals surface area contributed by atoms with E-state index in [1.165, 1.54) is 18.2 Å². The number of pyridine rings is 2. The van der Waals surface area contributed by atoms with Gasteiger partial charge in [-0.1, -0.05) is 6.07 Å². The highest BCUT2D eigenvalue weighted by atomic mass is 32.2. The van der Waals surface area contributed by atoms with Gasteiger partial charge in [-0.25, -0.2) is 17.8 Å². The molecule has 0 fully saturated rings. The molecule has 0 radical (unpaired) electrons. The largest absolute Gasteiger partial charge is 0.330 e. The molecule has 2 N–H and O–H groups in total. The molecule has 2 heterocycles. The molecule has 0 aliphatic heterocycles. The van der Waals surface area contributed by atoms with Gasteiger partial charge in [-0.3, -0.25) is 4.98 Å². The van der Waals surface area contributed by atoms with Crippen LogP contribution in [0.15, 0.2) is 47.5 Å². The quantitative estimate of drug-likeness (QED) is 0.784. The summed E-state index contributed by atoms with van der Waals surface area (Å²) in [5.74, 6) is -0.361. The molecule has 0 aliphatic rings. The molecule has 1 aromatic carbocycles. The summed E-state index contributed by atoms with van der Waals surface area (Å²) in [7, 11) is -3.42. The third-order valence-electron chi connectivity index (χ3n) is 3.62. The van der Waals surface area contributed by atoms with E-state index in [1.54, 1.807) is 24.3 Å². The lowest BCUT2D eigenvalue weighted by atomic mass is 10.0. The monoisotopic (exact) mass is 345 g/mol. The maximum atomic E-state index is 13.5. The molecule has 0 saturated carbocycles. The van der Waals surface area contributed by atoms with Crippen molar-refractivity contribution < 1.29 is 12.8 Å². The van der Waals surface area contributed by atoms with Gasteiger partial charge in [0.2, 0.25) is 0 Å². The van der Waals surface area contributed by atoms with Crippen LogP contribution in [0.4, 0.5) is 4.39 Å². The zero-order chi connectivity index (χ0) is 17.3. The number of nitrogens with two attached hydrogens (primary N) is 1. The van der Waals surface area contributed by atoms with Gasteiger partial charge in [-0.2, -0.15) is 0 Å². The summed E-state index contributed by atoms with van der Waals surface area (Å²) >= 11 is 0. The number of rotatable bonds is 4. The summed E-state index contributed by atoms with van der Waals surface area (Å²) in [4.78, 5) is 8.76. The summed E-state index contributed by atoms with van der Waals surface area (Å²) in [6, 6.07) is 10.9. The van der Waals surface area contributed by atoms with Gasteiger partial charge in [0.1, 0.15) is 5.82 Å². The second kappa shape index (κ2) is 6.26. The fourth-order valence-corrected chi connectivity index (χ4v) is 3.10. The predicted molar refractivity (Wildman–Crippen MR) is 90.8 cm³/mol. The van der Waals surface area contributed by atoms with Gasteiger partial charge in [-0.05, 0) is 42.9 Å². The molecular weight excluding hydrogens is 329 g/mol. The normalized spacial score (nSPS) is 11.8. The number of benzene rings is 1. The molecule has 3 rings (SSSR count). The summed E-state index contributed by atoms with van der Waals surface area (Å²) in [5.41, 5.74) is 8.15. The van der Waals surface area contributed by atoms with Crippen LogP contribution in [0.25, 0.3) is 22.2 Å². The van der Waals surface area contributed by atoms with E-state index < -0.39 is 9.84 Å². The topological polar surface area (TPSA) is 85.9 Å². The highest BCUT2D eigenvalue weighted by Gasteiger charge is 2.14. The average molecular weight is 345 g/mol. The molecule has 0 spiro atoms. The molecule has 0 atom stereocenters. The molecule has 24 heavy (non-hydrogen) atoms. The van der Waals surface area contributed by atoms with Gasteiger partial charge < -0.3 is 5.73 Å². The molecule has 2 aromatic heterocycles. The number of fused-ring (bicyclic) bond motifs is 1. The summed E-state index contributed by atoms with van der Waals surface area (Å²) < 4.78 is 37.0. The van der Waals surface area contributed by atoms with E-state index in [4.69, 9.17) is 5.73 Å². The van der Waals surface area contributed by atoms with Gasteiger partial charge in [0.15, 0.2) is 14.9 Å². The zero-order valence-corrected chi connectivity index (χ0v) is 13.8. The number of nitrogens with zero attached hydrogens (tertiary/aromatic N) is 2. The van der Waals surface area contributed by atoms with Crippen LogP contribution in [0.3, 0.4) is 0 Å². The average Bonchev–Trinajstić information content (AvgIpc) is 2.54. The van der Waals surface area contributed by atoms with Crippen LogP contribution in [0.5, 0.6) is 0 Å². The Bertz CT molecular complexity index is 1020. The van der Waals surface area contributed by atoms with E-state index in [0.29, 0.717) is 40.8 Å². The van der Waals surface area contributed by atoms with Crippen LogP contribution >= 0.6 is 0 Å². The zero-order valence-electron chi connectivity index (χ0n) is 13.0. The Hall–Kier alpha value is -2.38. The fourth-order valence-electron chi connectivity index (χ4n) is 2.51. The summed E-state index contributed by atoms with van der Waals surface area (Å²) in [6.07, 6.45) is 1.61. The Balaban J connectivity index is 2.25. The molecular formula is C17H16FN3O2S. The minimum atomic E-state index is -3.42. The van der Waals surface area contributed by atoms with Crippen molar-refractivity contribution in [3.05, 3.63) is 54.0 Å². The van der Waals surface area contributed by atoms with Gasteiger partial charge in [0.25, 0.3) is 0 Å². The lowest BCUT2D eigenvalue weighted by Crippen LogP contribution is -2.07. The van der Waals surface area contributed by atoms with Gasteiger partial charge in [0.05, 0.1) is 16.9 Å². The lowest BCUT2D eigenvalue weighted by Gasteiger charge is -2.11. The van der Waals surface area contributed by atoms with E-state index in [-0.39, 0.29) is 10.8 Å². The molecule has 0 amide bonds. The molecule has 0 bridgehead atoms. The Morgan fingerprint density at radius 2 is 1.92 bits per heavy atom. The van der Waals surface area contributed by atoms with Gasteiger partial charge in [0, 0.05) is 23.6 Å². The Labute approximate surface area is 139 Å². The SMILES string of the molecule is CS(=O)(=O)c1cccc(-c2cc3cc(F)ccc3nc2CCN)n1. The second-order valence-electron chi connectivity index (χ2n) is 5.49. The third kappa shape index (κ3) is 3.27. The lowest BCUT2D eigenvalue weighted by molar-refractivity contribution is 0.598. The van der Waals surface area contributed by atoms with Crippen molar-refractivity contribution >= 4 is 20.7 Å². The molecule has 0 unspecified atom stereocenters. The Morgan fingerprint density at radius 3 is 2.62 bits per heavy atom. The standard InChI is InChI=1S/C17H16FN3O2S/c1-24(22,23)17-4-2-3-15(21-17)13-10-11-9-12(18)5-6-14(11)20-16(13)7-8-19/h2-6,9-10H,7-8,19H2,1H3. The maximum absolute atomic E-state index is 13.5. The Kier molecular flexibility index (Phi) is 4.29. The first-order chi connectivity index (χ1) is 11.4. The van der Waals surface area contributed by atoms with Crippen molar-refractivity contribution in [2.75, 3.05) is 12.8 Å². The number of halogens is 1. The van der Waals surface area contributed by atoms with Crippen molar-refractivity contribution in [2.45, 2.75) is 11.4 Å².